The minimum atomic E-state index is -4.34. The van der Waals surface area contributed by atoms with Crippen LogP contribution in [0.5, 0.6) is 5.75 Å². The summed E-state index contributed by atoms with van der Waals surface area (Å²) in [6.45, 7) is 1.06. The summed E-state index contributed by atoms with van der Waals surface area (Å²) in [6.07, 6.45) is -3.64. The average molecular weight is 295 g/mol. The number of hydrogen-bond acceptors (Lipinski definition) is 2. The maximum absolute atomic E-state index is 12.5. The van der Waals surface area contributed by atoms with E-state index in [2.05, 4.69) is 5.32 Å². The zero-order valence-corrected chi connectivity index (χ0v) is 11.4. The molecule has 0 radical (unpaired) electrons. The zero-order valence-electron chi connectivity index (χ0n) is 11.4. The summed E-state index contributed by atoms with van der Waals surface area (Å²) < 4.78 is 42.9. The Morgan fingerprint density at radius 3 is 2.43 bits per heavy atom. The van der Waals surface area contributed by atoms with Crippen LogP contribution in [-0.2, 0) is 6.18 Å². The third kappa shape index (κ3) is 5.02. The second-order valence-electron chi connectivity index (χ2n) is 4.52. The van der Waals surface area contributed by atoms with Gasteiger partial charge in [0.1, 0.15) is 5.75 Å². The number of hydrogen-bond donors (Lipinski definition) is 1. The topological polar surface area (TPSA) is 21.3 Å². The van der Waals surface area contributed by atoms with Gasteiger partial charge in [-0.25, -0.2) is 0 Å². The Balaban J connectivity index is 1.74. The smallest absolute Gasteiger partial charge is 0.416 e. The lowest BCUT2D eigenvalue weighted by Crippen LogP contribution is -2.08. The molecule has 0 spiro atoms. The summed E-state index contributed by atoms with van der Waals surface area (Å²) in [5.74, 6) is 0.240. The number of para-hydroxylation sites is 1. The number of nitrogens with one attached hydrogen (secondary N) is 1. The fourth-order valence-corrected chi connectivity index (χ4v) is 1.81. The molecular weight excluding hydrogens is 279 g/mol. The molecule has 2 rings (SSSR count). The SMILES string of the molecule is FC(F)(F)c1cccc(OCCCNc2ccccc2)c1. The van der Waals surface area contributed by atoms with Crippen LogP contribution >= 0.6 is 0 Å². The van der Waals surface area contributed by atoms with E-state index in [1.165, 1.54) is 12.1 Å². The highest BCUT2D eigenvalue weighted by Gasteiger charge is 2.30. The van der Waals surface area contributed by atoms with Crippen molar-refractivity contribution in [3.8, 4) is 5.75 Å². The fourth-order valence-electron chi connectivity index (χ4n) is 1.81. The molecule has 2 nitrogen and oxygen atoms in total. The molecule has 0 unspecified atom stereocenters. The molecule has 0 amide bonds. The van der Waals surface area contributed by atoms with Crippen LogP contribution in [0.25, 0.3) is 0 Å². The Labute approximate surface area is 121 Å². The number of rotatable bonds is 6. The highest BCUT2D eigenvalue weighted by Crippen LogP contribution is 2.31. The van der Waals surface area contributed by atoms with Gasteiger partial charge in [0.2, 0.25) is 0 Å². The van der Waals surface area contributed by atoms with Crippen LogP contribution in [0.1, 0.15) is 12.0 Å². The summed E-state index contributed by atoms with van der Waals surface area (Å²) in [7, 11) is 0. The first-order chi connectivity index (χ1) is 10.1. The number of halogens is 3. The van der Waals surface area contributed by atoms with E-state index in [9.17, 15) is 13.2 Å². The minimum absolute atomic E-state index is 0.240. The van der Waals surface area contributed by atoms with E-state index in [0.717, 1.165) is 17.8 Å². The molecule has 0 heterocycles. The molecule has 0 atom stereocenters. The molecule has 0 saturated heterocycles. The summed E-state index contributed by atoms with van der Waals surface area (Å²) in [5.41, 5.74) is 0.318. The van der Waals surface area contributed by atoms with Crippen LogP contribution in [0, 0.1) is 0 Å². The summed E-state index contributed by atoms with van der Waals surface area (Å²) in [6, 6.07) is 14.6. The lowest BCUT2D eigenvalue weighted by Gasteiger charge is -2.10. The average Bonchev–Trinajstić information content (AvgIpc) is 2.47. The van der Waals surface area contributed by atoms with E-state index in [-0.39, 0.29) is 5.75 Å². The van der Waals surface area contributed by atoms with Crippen molar-refractivity contribution in [2.75, 3.05) is 18.5 Å². The van der Waals surface area contributed by atoms with Gasteiger partial charge in [-0.15, -0.1) is 0 Å². The molecule has 1 N–H and O–H groups in total. The summed E-state index contributed by atoms with van der Waals surface area (Å²) in [5, 5.41) is 3.21. The van der Waals surface area contributed by atoms with Crippen molar-refractivity contribution in [2.24, 2.45) is 0 Å². The van der Waals surface area contributed by atoms with Crippen LogP contribution in [0.15, 0.2) is 54.6 Å². The van der Waals surface area contributed by atoms with Crippen LogP contribution in [0.4, 0.5) is 18.9 Å². The van der Waals surface area contributed by atoms with Crippen LogP contribution < -0.4 is 10.1 Å². The maximum Gasteiger partial charge on any atom is 0.416 e. The largest absolute Gasteiger partial charge is 0.494 e. The first kappa shape index (κ1) is 15.2. The van der Waals surface area contributed by atoms with Gasteiger partial charge < -0.3 is 10.1 Å². The van der Waals surface area contributed by atoms with Gasteiger partial charge in [-0.2, -0.15) is 13.2 Å². The molecule has 0 aromatic heterocycles. The van der Waals surface area contributed by atoms with Crippen molar-refractivity contribution in [2.45, 2.75) is 12.6 Å². The minimum Gasteiger partial charge on any atom is -0.494 e. The molecule has 0 aliphatic rings. The Morgan fingerprint density at radius 2 is 1.71 bits per heavy atom. The fraction of sp³-hybridized carbons (Fsp3) is 0.250. The molecule has 2 aromatic carbocycles. The molecule has 5 heteroatoms. The van der Waals surface area contributed by atoms with Gasteiger partial charge in [-0.1, -0.05) is 24.3 Å². The Bertz CT molecular complexity index is 555. The second-order valence-corrected chi connectivity index (χ2v) is 4.52. The lowest BCUT2D eigenvalue weighted by molar-refractivity contribution is -0.137. The Hall–Kier alpha value is -2.17. The first-order valence-corrected chi connectivity index (χ1v) is 6.65. The molecule has 0 aliphatic heterocycles. The monoisotopic (exact) mass is 295 g/mol. The molecular formula is C16H16F3NO. The zero-order chi connectivity index (χ0) is 15.1. The number of alkyl halides is 3. The summed E-state index contributed by atoms with van der Waals surface area (Å²) >= 11 is 0. The van der Waals surface area contributed by atoms with Gasteiger partial charge in [0.25, 0.3) is 0 Å². The van der Waals surface area contributed by atoms with Crippen LogP contribution in [-0.4, -0.2) is 13.2 Å². The van der Waals surface area contributed by atoms with Crippen molar-refractivity contribution < 1.29 is 17.9 Å². The predicted octanol–water partition coefficient (Wildman–Crippen LogP) is 4.59. The standard InChI is InChI=1S/C16H16F3NO/c17-16(18,19)13-6-4-9-15(12-13)21-11-5-10-20-14-7-2-1-3-8-14/h1-4,6-9,12,20H,5,10-11H2. The number of benzene rings is 2. The third-order valence-electron chi connectivity index (χ3n) is 2.85. The van der Waals surface area contributed by atoms with Gasteiger partial charge in [0, 0.05) is 12.2 Å². The third-order valence-corrected chi connectivity index (χ3v) is 2.85. The van der Waals surface area contributed by atoms with E-state index in [1.807, 2.05) is 30.3 Å². The quantitative estimate of drug-likeness (QED) is 0.787. The van der Waals surface area contributed by atoms with E-state index in [4.69, 9.17) is 4.74 Å². The van der Waals surface area contributed by atoms with E-state index in [1.54, 1.807) is 0 Å². The van der Waals surface area contributed by atoms with Crippen molar-refractivity contribution in [1.82, 2.24) is 0 Å². The van der Waals surface area contributed by atoms with Crippen molar-refractivity contribution in [1.29, 1.82) is 0 Å². The molecule has 112 valence electrons. The van der Waals surface area contributed by atoms with E-state index < -0.39 is 11.7 Å². The molecule has 0 bridgehead atoms. The van der Waals surface area contributed by atoms with Crippen molar-refractivity contribution in [3.05, 3.63) is 60.2 Å². The van der Waals surface area contributed by atoms with Crippen LogP contribution in [0.2, 0.25) is 0 Å². The Kier molecular flexibility index (Phi) is 5.09. The van der Waals surface area contributed by atoms with Gasteiger partial charge in [0.05, 0.1) is 12.2 Å². The highest BCUT2D eigenvalue weighted by molar-refractivity contribution is 5.42. The molecule has 0 fully saturated rings. The van der Waals surface area contributed by atoms with Gasteiger partial charge >= 0.3 is 6.18 Å². The lowest BCUT2D eigenvalue weighted by atomic mass is 10.2. The molecule has 0 aliphatic carbocycles. The Morgan fingerprint density at radius 1 is 0.952 bits per heavy atom. The van der Waals surface area contributed by atoms with Crippen LogP contribution in [0.3, 0.4) is 0 Å². The van der Waals surface area contributed by atoms with Crippen molar-refractivity contribution >= 4 is 5.69 Å². The van der Waals surface area contributed by atoms with E-state index in [0.29, 0.717) is 19.6 Å². The second kappa shape index (κ2) is 7.02. The normalized spacial score (nSPS) is 11.2. The van der Waals surface area contributed by atoms with Gasteiger partial charge in [-0.05, 0) is 36.8 Å². The van der Waals surface area contributed by atoms with Crippen molar-refractivity contribution in [3.63, 3.8) is 0 Å². The number of anilines is 1. The van der Waals surface area contributed by atoms with E-state index >= 15 is 0 Å². The maximum atomic E-state index is 12.5. The highest BCUT2D eigenvalue weighted by atomic mass is 19.4. The molecule has 0 saturated carbocycles. The van der Waals surface area contributed by atoms with Gasteiger partial charge in [0.15, 0.2) is 0 Å². The van der Waals surface area contributed by atoms with Gasteiger partial charge in [-0.3, -0.25) is 0 Å². The molecule has 2 aromatic rings. The first-order valence-electron chi connectivity index (χ1n) is 6.65. The molecule has 21 heavy (non-hydrogen) atoms. The predicted molar refractivity (Wildman–Crippen MR) is 76.5 cm³/mol. The summed E-state index contributed by atoms with van der Waals surface area (Å²) in [4.78, 5) is 0. The number of ether oxygens (including phenoxy) is 1.